The zero-order valence-electron chi connectivity index (χ0n) is 15.2. The van der Waals surface area contributed by atoms with Crippen LogP contribution in [0.1, 0.15) is 6.42 Å². The molecule has 2 aliphatic heterocycles. The van der Waals surface area contributed by atoms with Gasteiger partial charge in [-0.2, -0.15) is 0 Å². The van der Waals surface area contributed by atoms with E-state index in [0.717, 1.165) is 5.69 Å². The highest BCUT2D eigenvalue weighted by molar-refractivity contribution is 6.36. The van der Waals surface area contributed by atoms with Crippen molar-refractivity contribution >= 4 is 46.5 Å². The van der Waals surface area contributed by atoms with Crippen molar-refractivity contribution in [3.05, 3.63) is 52.6 Å². The quantitative estimate of drug-likeness (QED) is 0.768. The maximum atomic E-state index is 12.9. The molecule has 3 heterocycles. The highest BCUT2D eigenvalue weighted by Crippen LogP contribution is 2.29. The first-order valence-electron chi connectivity index (χ1n) is 9.23. The molecule has 1 atom stereocenters. The predicted molar refractivity (Wildman–Crippen MR) is 110 cm³/mol. The Hall–Kier alpha value is -2.31. The minimum absolute atomic E-state index is 0.000307. The largest absolute Gasteiger partial charge is 0.352 e. The summed E-state index contributed by atoms with van der Waals surface area (Å²) in [5.74, 6) is 0.433. The number of hydrogen-bond acceptors (Lipinski definition) is 4. The van der Waals surface area contributed by atoms with Crippen molar-refractivity contribution in [2.75, 3.05) is 42.5 Å². The number of para-hydroxylation sites is 1. The minimum atomic E-state index is -0.295. The van der Waals surface area contributed by atoms with Gasteiger partial charge in [-0.15, -0.1) is 0 Å². The van der Waals surface area contributed by atoms with Gasteiger partial charge in [-0.05, 0) is 18.2 Å². The summed E-state index contributed by atoms with van der Waals surface area (Å²) in [7, 11) is 0. The number of carbonyl (C=O) groups excluding carboxylic acids is 2. The molecule has 2 amide bonds. The number of nitrogens with zero attached hydrogens (tertiary/aromatic N) is 4. The minimum Gasteiger partial charge on any atom is -0.352 e. The third kappa shape index (κ3) is 3.80. The molecule has 4 rings (SSSR count). The van der Waals surface area contributed by atoms with Crippen molar-refractivity contribution < 1.29 is 9.59 Å². The summed E-state index contributed by atoms with van der Waals surface area (Å²) in [4.78, 5) is 35.2. The Bertz CT molecular complexity index is 885. The van der Waals surface area contributed by atoms with Gasteiger partial charge >= 0.3 is 0 Å². The molecule has 1 aromatic heterocycles. The molecule has 2 fully saturated rings. The molecule has 146 valence electrons. The Morgan fingerprint density at radius 1 is 1.07 bits per heavy atom. The van der Waals surface area contributed by atoms with Gasteiger partial charge in [0.05, 0.1) is 16.0 Å². The van der Waals surface area contributed by atoms with Gasteiger partial charge in [0, 0.05) is 51.0 Å². The molecule has 28 heavy (non-hydrogen) atoms. The molecule has 1 aromatic carbocycles. The van der Waals surface area contributed by atoms with Crippen LogP contribution in [-0.4, -0.2) is 54.4 Å². The van der Waals surface area contributed by atoms with E-state index in [2.05, 4.69) is 9.88 Å². The first-order chi connectivity index (χ1) is 13.5. The molecule has 0 bridgehead atoms. The molecule has 0 saturated carbocycles. The predicted octanol–water partition coefficient (Wildman–Crippen LogP) is 3.09. The summed E-state index contributed by atoms with van der Waals surface area (Å²) in [5.41, 5.74) is 0.844. The maximum absolute atomic E-state index is 12.9. The zero-order chi connectivity index (χ0) is 19.7. The van der Waals surface area contributed by atoms with Gasteiger partial charge in [-0.1, -0.05) is 41.4 Å². The summed E-state index contributed by atoms with van der Waals surface area (Å²) >= 11 is 12.2. The van der Waals surface area contributed by atoms with Crippen molar-refractivity contribution in [3.8, 4) is 0 Å². The Labute approximate surface area is 173 Å². The van der Waals surface area contributed by atoms with E-state index in [1.54, 1.807) is 17.2 Å². The SMILES string of the molecule is O=C(C1CC(=O)N(c2ccccc2)C1)N1CCN(c2ncc(Cl)cc2Cl)CC1. The van der Waals surface area contributed by atoms with Gasteiger partial charge in [-0.3, -0.25) is 9.59 Å². The lowest BCUT2D eigenvalue weighted by Crippen LogP contribution is -2.51. The van der Waals surface area contributed by atoms with Crippen LogP contribution in [0.4, 0.5) is 11.5 Å². The molecule has 8 heteroatoms. The Morgan fingerprint density at radius 2 is 1.79 bits per heavy atom. The van der Waals surface area contributed by atoms with Gasteiger partial charge in [-0.25, -0.2) is 4.98 Å². The number of anilines is 2. The zero-order valence-corrected chi connectivity index (χ0v) is 16.7. The topological polar surface area (TPSA) is 56.8 Å². The highest BCUT2D eigenvalue weighted by Gasteiger charge is 2.38. The fraction of sp³-hybridized carbons (Fsp3) is 0.350. The molecule has 2 saturated heterocycles. The van der Waals surface area contributed by atoms with Crippen molar-refractivity contribution in [3.63, 3.8) is 0 Å². The van der Waals surface area contributed by atoms with Crippen LogP contribution in [0.25, 0.3) is 0 Å². The molecular formula is C20H20Cl2N4O2. The number of pyridine rings is 1. The lowest BCUT2D eigenvalue weighted by molar-refractivity contribution is -0.136. The van der Waals surface area contributed by atoms with Crippen LogP contribution in [0.2, 0.25) is 10.0 Å². The molecule has 0 aliphatic carbocycles. The summed E-state index contributed by atoms with van der Waals surface area (Å²) in [5, 5.41) is 1.00. The average Bonchev–Trinajstić information content (AvgIpc) is 3.10. The van der Waals surface area contributed by atoms with Crippen LogP contribution in [0, 0.1) is 5.92 Å². The number of benzene rings is 1. The van der Waals surface area contributed by atoms with E-state index < -0.39 is 0 Å². The Kier molecular flexibility index (Phi) is 5.42. The number of amides is 2. The number of rotatable bonds is 3. The number of piperazine rings is 1. The standard InChI is InChI=1S/C20H20Cl2N4O2/c21-15-11-17(22)19(23-12-15)24-6-8-25(9-7-24)20(28)14-10-18(27)26(13-14)16-4-2-1-3-5-16/h1-5,11-12,14H,6-10,13H2. The highest BCUT2D eigenvalue weighted by atomic mass is 35.5. The lowest BCUT2D eigenvalue weighted by atomic mass is 10.1. The fourth-order valence-electron chi connectivity index (χ4n) is 3.77. The van der Waals surface area contributed by atoms with E-state index in [1.165, 1.54) is 0 Å². The van der Waals surface area contributed by atoms with Gasteiger partial charge < -0.3 is 14.7 Å². The molecule has 2 aliphatic rings. The summed E-state index contributed by atoms with van der Waals surface area (Å²) in [6, 6.07) is 11.2. The van der Waals surface area contributed by atoms with E-state index in [1.807, 2.05) is 35.2 Å². The monoisotopic (exact) mass is 418 g/mol. The van der Waals surface area contributed by atoms with Gasteiger partial charge in [0.2, 0.25) is 11.8 Å². The second kappa shape index (κ2) is 7.97. The number of aromatic nitrogens is 1. The van der Waals surface area contributed by atoms with E-state index in [-0.39, 0.29) is 24.2 Å². The number of halogens is 2. The van der Waals surface area contributed by atoms with Gasteiger partial charge in [0.15, 0.2) is 0 Å². The average molecular weight is 419 g/mol. The number of carbonyl (C=O) groups is 2. The molecule has 0 radical (unpaired) electrons. The normalized spacial score (nSPS) is 20.0. The summed E-state index contributed by atoms with van der Waals surface area (Å²) in [6.07, 6.45) is 1.83. The molecule has 6 nitrogen and oxygen atoms in total. The van der Waals surface area contributed by atoms with E-state index in [4.69, 9.17) is 23.2 Å². The van der Waals surface area contributed by atoms with E-state index >= 15 is 0 Å². The van der Waals surface area contributed by atoms with Crippen molar-refractivity contribution in [1.82, 2.24) is 9.88 Å². The van der Waals surface area contributed by atoms with Crippen LogP contribution in [-0.2, 0) is 9.59 Å². The number of hydrogen-bond donors (Lipinski definition) is 0. The maximum Gasteiger partial charge on any atom is 0.228 e. The fourth-order valence-corrected chi connectivity index (χ4v) is 4.27. The van der Waals surface area contributed by atoms with E-state index in [9.17, 15) is 9.59 Å². The van der Waals surface area contributed by atoms with Gasteiger partial charge in [0.25, 0.3) is 0 Å². The summed E-state index contributed by atoms with van der Waals surface area (Å²) < 4.78 is 0. The molecule has 2 aromatic rings. The van der Waals surface area contributed by atoms with Crippen LogP contribution in [0.3, 0.4) is 0 Å². The smallest absolute Gasteiger partial charge is 0.228 e. The molecule has 0 N–H and O–H groups in total. The summed E-state index contributed by atoms with van der Waals surface area (Å²) in [6.45, 7) is 2.88. The third-order valence-electron chi connectivity index (χ3n) is 5.22. The van der Waals surface area contributed by atoms with Crippen LogP contribution >= 0.6 is 23.2 Å². The van der Waals surface area contributed by atoms with Crippen molar-refractivity contribution in [1.29, 1.82) is 0 Å². The first kappa shape index (κ1) is 19.0. The molecular weight excluding hydrogens is 399 g/mol. The second-order valence-corrected chi connectivity index (χ2v) is 7.86. The second-order valence-electron chi connectivity index (χ2n) is 7.01. The van der Waals surface area contributed by atoms with E-state index in [0.29, 0.717) is 48.6 Å². The Balaban J connectivity index is 1.37. The van der Waals surface area contributed by atoms with Crippen molar-refractivity contribution in [2.24, 2.45) is 5.92 Å². The van der Waals surface area contributed by atoms with Crippen LogP contribution in [0.15, 0.2) is 42.6 Å². The molecule has 1 unspecified atom stereocenters. The van der Waals surface area contributed by atoms with Gasteiger partial charge in [0.1, 0.15) is 5.82 Å². The first-order valence-corrected chi connectivity index (χ1v) is 9.98. The Morgan fingerprint density at radius 3 is 2.46 bits per heavy atom. The van der Waals surface area contributed by atoms with Crippen LogP contribution in [0.5, 0.6) is 0 Å². The lowest BCUT2D eigenvalue weighted by Gasteiger charge is -2.36. The van der Waals surface area contributed by atoms with Crippen LogP contribution < -0.4 is 9.80 Å². The third-order valence-corrected chi connectivity index (χ3v) is 5.71. The van der Waals surface area contributed by atoms with Crippen molar-refractivity contribution in [2.45, 2.75) is 6.42 Å². The molecule has 0 spiro atoms.